The lowest BCUT2D eigenvalue weighted by atomic mass is 9.89. The smallest absolute Gasteiger partial charge is 0.338 e. The third kappa shape index (κ3) is 5.26. The van der Waals surface area contributed by atoms with E-state index in [1.807, 2.05) is 0 Å². The molecule has 1 aliphatic heterocycles. The fourth-order valence-corrected chi connectivity index (χ4v) is 4.46. The van der Waals surface area contributed by atoms with E-state index in [0.717, 1.165) is 6.26 Å². The monoisotopic (exact) mass is 508 g/mol. The largest absolute Gasteiger partial charge is 0.497 e. The second-order valence-corrected chi connectivity index (χ2v) is 10.1. The van der Waals surface area contributed by atoms with Crippen molar-refractivity contribution in [2.24, 2.45) is 0 Å². The van der Waals surface area contributed by atoms with Gasteiger partial charge in [0.1, 0.15) is 5.75 Å². The zero-order valence-corrected chi connectivity index (χ0v) is 20.8. The topological polar surface area (TPSA) is 105 Å². The van der Waals surface area contributed by atoms with Crippen molar-refractivity contribution in [3.05, 3.63) is 89.0 Å². The first kappa shape index (κ1) is 25.0. The van der Waals surface area contributed by atoms with Crippen molar-refractivity contribution in [2.75, 3.05) is 27.3 Å². The van der Waals surface area contributed by atoms with Crippen molar-refractivity contribution in [1.29, 1.82) is 0 Å². The molecule has 3 aromatic carbocycles. The zero-order chi connectivity index (χ0) is 25.9. The van der Waals surface area contributed by atoms with Crippen molar-refractivity contribution in [2.45, 2.75) is 11.3 Å². The van der Waals surface area contributed by atoms with Crippen LogP contribution in [0.1, 0.15) is 21.5 Å². The molecule has 0 spiro atoms. The highest BCUT2D eigenvalue weighted by Gasteiger charge is 2.26. The summed E-state index contributed by atoms with van der Waals surface area (Å²) in [5.41, 5.74) is 1.67. The highest BCUT2D eigenvalue weighted by Crippen LogP contribution is 2.36. The van der Waals surface area contributed by atoms with E-state index in [-0.39, 0.29) is 35.0 Å². The molecule has 1 heterocycles. The van der Waals surface area contributed by atoms with E-state index >= 15 is 0 Å². The van der Waals surface area contributed by atoms with Gasteiger partial charge in [-0.2, -0.15) is 0 Å². The molecule has 36 heavy (non-hydrogen) atoms. The van der Waals surface area contributed by atoms with Crippen LogP contribution in [0.4, 0.5) is 0 Å². The number of carbonyl (C=O) groups is 2. The van der Waals surface area contributed by atoms with Crippen molar-refractivity contribution >= 4 is 27.2 Å². The molecular formula is C27H24O8S. The molecule has 3 aromatic rings. The number of allylic oxidation sites excluding steroid dienone is 1. The maximum Gasteiger partial charge on any atom is 0.338 e. The van der Waals surface area contributed by atoms with Gasteiger partial charge >= 0.3 is 5.97 Å². The van der Waals surface area contributed by atoms with E-state index in [9.17, 15) is 18.0 Å². The normalized spacial score (nSPS) is 13.1. The van der Waals surface area contributed by atoms with Gasteiger partial charge in [-0.05, 0) is 59.7 Å². The molecule has 0 N–H and O–H groups in total. The van der Waals surface area contributed by atoms with E-state index in [2.05, 4.69) is 0 Å². The summed E-state index contributed by atoms with van der Waals surface area (Å²) in [7, 11) is -0.620. The van der Waals surface area contributed by atoms with Crippen LogP contribution >= 0.6 is 0 Å². The number of esters is 1. The molecule has 8 nitrogen and oxygen atoms in total. The van der Waals surface area contributed by atoms with Crippen molar-refractivity contribution in [3.8, 4) is 17.2 Å². The first-order chi connectivity index (χ1) is 17.2. The summed E-state index contributed by atoms with van der Waals surface area (Å²) < 4.78 is 44.8. The number of hydrogen-bond acceptors (Lipinski definition) is 8. The lowest BCUT2D eigenvalue weighted by Crippen LogP contribution is -2.15. The van der Waals surface area contributed by atoms with Gasteiger partial charge in [-0.25, -0.2) is 13.2 Å². The number of ketones is 1. The van der Waals surface area contributed by atoms with Gasteiger partial charge in [-0.3, -0.25) is 4.79 Å². The SMILES string of the molecule is COC(=O)/C(=C(/Cc1ccc(S(C)(=O)=O)cc1)C(=O)c1ccc(OC)cc1)c1ccc2c(c1)OCO2. The Morgan fingerprint density at radius 3 is 2.11 bits per heavy atom. The minimum atomic E-state index is -3.39. The lowest BCUT2D eigenvalue weighted by Gasteiger charge is -2.15. The Hall–Kier alpha value is -4.11. The molecule has 186 valence electrons. The Morgan fingerprint density at radius 1 is 0.861 bits per heavy atom. The molecule has 9 heteroatoms. The Balaban J connectivity index is 1.87. The Kier molecular flexibility index (Phi) is 7.12. The van der Waals surface area contributed by atoms with Gasteiger partial charge in [0, 0.05) is 23.8 Å². The van der Waals surface area contributed by atoms with Crippen molar-refractivity contribution in [1.82, 2.24) is 0 Å². The molecular weight excluding hydrogens is 484 g/mol. The van der Waals surface area contributed by atoms with Crippen molar-refractivity contribution < 1.29 is 37.0 Å². The van der Waals surface area contributed by atoms with E-state index in [0.29, 0.717) is 33.9 Å². The number of methoxy groups -OCH3 is 2. The number of sulfone groups is 1. The van der Waals surface area contributed by atoms with E-state index in [1.54, 1.807) is 54.6 Å². The van der Waals surface area contributed by atoms with Crippen LogP contribution in [0, 0.1) is 0 Å². The van der Waals surface area contributed by atoms with Crippen LogP contribution in [-0.4, -0.2) is 47.4 Å². The van der Waals surface area contributed by atoms with Crippen molar-refractivity contribution in [3.63, 3.8) is 0 Å². The Bertz CT molecular complexity index is 1440. The summed E-state index contributed by atoms with van der Waals surface area (Å²) in [6.45, 7) is 0.0559. The number of Topliss-reactive ketones (excluding diaryl/α,β-unsaturated/α-hetero) is 1. The molecule has 0 saturated carbocycles. The number of carbonyl (C=O) groups excluding carboxylic acids is 2. The average molecular weight is 509 g/mol. The van der Waals surface area contributed by atoms with Gasteiger partial charge in [-0.1, -0.05) is 18.2 Å². The first-order valence-electron chi connectivity index (χ1n) is 10.9. The van der Waals surface area contributed by atoms with Crippen LogP contribution in [0.5, 0.6) is 17.2 Å². The molecule has 0 radical (unpaired) electrons. The minimum Gasteiger partial charge on any atom is -0.497 e. The number of fused-ring (bicyclic) bond motifs is 1. The summed E-state index contributed by atoms with van der Waals surface area (Å²) in [5, 5.41) is 0. The van der Waals surface area contributed by atoms with Crippen LogP contribution in [0.15, 0.2) is 77.2 Å². The number of hydrogen-bond donors (Lipinski definition) is 0. The first-order valence-corrected chi connectivity index (χ1v) is 12.8. The molecule has 0 unspecified atom stereocenters. The number of rotatable bonds is 8. The van der Waals surface area contributed by atoms with Crippen LogP contribution in [0.2, 0.25) is 0 Å². The van der Waals surface area contributed by atoms with E-state index in [1.165, 1.54) is 26.4 Å². The van der Waals surface area contributed by atoms with Crippen LogP contribution in [0.3, 0.4) is 0 Å². The fourth-order valence-electron chi connectivity index (χ4n) is 3.83. The second-order valence-electron chi connectivity index (χ2n) is 8.06. The molecule has 0 bridgehead atoms. The highest BCUT2D eigenvalue weighted by atomic mass is 32.2. The number of benzene rings is 3. The molecule has 1 aliphatic rings. The van der Waals surface area contributed by atoms with Crippen LogP contribution in [-0.2, 0) is 25.8 Å². The molecule has 0 aliphatic carbocycles. The lowest BCUT2D eigenvalue weighted by molar-refractivity contribution is -0.133. The molecule has 0 amide bonds. The van der Waals surface area contributed by atoms with Gasteiger partial charge in [0.05, 0.1) is 24.7 Å². The third-order valence-corrected chi connectivity index (χ3v) is 6.84. The maximum atomic E-state index is 13.8. The summed E-state index contributed by atoms with van der Waals surface area (Å²) in [5.74, 6) is 0.476. The summed E-state index contributed by atoms with van der Waals surface area (Å²) in [4.78, 5) is 27.0. The molecule has 0 atom stereocenters. The quantitative estimate of drug-likeness (QED) is 0.257. The van der Waals surface area contributed by atoms with Crippen LogP contribution < -0.4 is 14.2 Å². The molecule has 0 fully saturated rings. The molecule has 0 saturated heterocycles. The minimum absolute atomic E-state index is 0.0494. The third-order valence-electron chi connectivity index (χ3n) is 5.71. The standard InChI is InChI=1S/C27H24O8S/c1-32-20-9-6-18(7-10-20)26(28)22(14-17-4-11-21(12-5-17)36(3,30)31)25(27(29)33-2)19-8-13-23-24(15-19)35-16-34-23/h4-13,15H,14,16H2,1-3H3/b25-22-. The van der Waals surface area contributed by atoms with Gasteiger partial charge in [0.2, 0.25) is 6.79 Å². The second kappa shape index (κ2) is 10.2. The molecule has 0 aromatic heterocycles. The zero-order valence-electron chi connectivity index (χ0n) is 19.9. The summed E-state index contributed by atoms with van der Waals surface area (Å²) in [6, 6.07) is 17.7. The van der Waals surface area contributed by atoms with Gasteiger partial charge in [-0.15, -0.1) is 0 Å². The molecule has 4 rings (SSSR count). The number of ether oxygens (including phenoxy) is 4. The van der Waals surface area contributed by atoms with Crippen LogP contribution in [0.25, 0.3) is 5.57 Å². The van der Waals surface area contributed by atoms with Gasteiger partial charge < -0.3 is 18.9 Å². The maximum absolute atomic E-state index is 13.8. The predicted octanol–water partition coefficient (Wildman–Crippen LogP) is 3.88. The van der Waals surface area contributed by atoms with E-state index in [4.69, 9.17) is 18.9 Å². The van der Waals surface area contributed by atoms with Gasteiger partial charge in [0.25, 0.3) is 0 Å². The highest BCUT2D eigenvalue weighted by molar-refractivity contribution is 7.90. The Labute approximate surface area is 209 Å². The predicted molar refractivity (Wildman–Crippen MR) is 132 cm³/mol. The summed E-state index contributed by atoms with van der Waals surface area (Å²) in [6.07, 6.45) is 1.17. The van der Waals surface area contributed by atoms with E-state index < -0.39 is 15.8 Å². The fraction of sp³-hybridized carbons (Fsp3) is 0.185. The average Bonchev–Trinajstić information content (AvgIpc) is 3.35. The Morgan fingerprint density at radius 2 is 1.50 bits per heavy atom. The van der Waals surface area contributed by atoms with Gasteiger partial charge in [0.15, 0.2) is 27.1 Å². The summed E-state index contributed by atoms with van der Waals surface area (Å²) >= 11 is 0.